The lowest BCUT2D eigenvalue weighted by atomic mass is 10.2. The molecule has 24 heavy (non-hydrogen) atoms. The molecule has 0 radical (unpaired) electrons. The number of hydrogen-bond acceptors (Lipinski definition) is 5. The fraction of sp³-hybridized carbons (Fsp3) is 0.0588. The van der Waals surface area contributed by atoms with Crippen LogP contribution in [0.2, 0.25) is 0 Å². The fourth-order valence-electron chi connectivity index (χ4n) is 2.18. The van der Waals surface area contributed by atoms with E-state index in [4.69, 9.17) is 4.28 Å². The van der Waals surface area contributed by atoms with Gasteiger partial charge in [0, 0.05) is 5.56 Å². The van der Waals surface area contributed by atoms with E-state index in [1.54, 1.807) is 30.3 Å². The first-order valence-electron chi connectivity index (χ1n) is 7.09. The first-order valence-corrected chi connectivity index (χ1v) is 8.90. The molecule has 0 aromatic heterocycles. The van der Waals surface area contributed by atoms with E-state index in [9.17, 15) is 13.2 Å². The van der Waals surface area contributed by atoms with E-state index < -0.39 is 16.0 Å². The SMILES string of the molecule is CS(=O)(=O)ON1C(=O)/C(=C\c2ccccc2)N=C1c1ccccc1. The molecular weight excluding hydrogens is 328 g/mol. The quantitative estimate of drug-likeness (QED) is 0.798. The molecule has 0 fully saturated rings. The van der Waals surface area contributed by atoms with E-state index in [1.807, 2.05) is 36.4 Å². The number of hydroxylamine groups is 2. The highest BCUT2D eigenvalue weighted by Crippen LogP contribution is 2.23. The van der Waals surface area contributed by atoms with Crippen LogP contribution in [0.5, 0.6) is 0 Å². The van der Waals surface area contributed by atoms with Gasteiger partial charge in [-0.2, -0.15) is 8.42 Å². The van der Waals surface area contributed by atoms with E-state index in [2.05, 4.69) is 4.99 Å². The monoisotopic (exact) mass is 342 g/mol. The smallest absolute Gasteiger partial charge is 0.264 e. The zero-order valence-electron chi connectivity index (χ0n) is 12.8. The van der Waals surface area contributed by atoms with E-state index in [-0.39, 0.29) is 11.5 Å². The van der Waals surface area contributed by atoms with Gasteiger partial charge in [-0.25, -0.2) is 4.99 Å². The van der Waals surface area contributed by atoms with E-state index >= 15 is 0 Å². The number of benzene rings is 2. The lowest BCUT2D eigenvalue weighted by Gasteiger charge is -2.15. The predicted molar refractivity (Wildman–Crippen MR) is 90.2 cm³/mol. The summed E-state index contributed by atoms with van der Waals surface area (Å²) in [5.41, 5.74) is 1.45. The van der Waals surface area contributed by atoms with Gasteiger partial charge in [0.15, 0.2) is 5.84 Å². The average Bonchev–Trinajstić information content (AvgIpc) is 2.85. The van der Waals surface area contributed by atoms with E-state index in [1.165, 1.54) is 0 Å². The van der Waals surface area contributed by atoms with Crippen molar-refractivity contribution in [1.82, 2.24) is 5.06 Å². The molecule has 0 aliphatic carbocycles. The molecular formula is C17H14N2O4S. The highest BCUT2D eigenvalue weighted by atomic mass is 32.2. The van der Waals surface area contributed by atoms with Crippen LogP contribution >= 0.6 is 0 Å². The van der Waals surface area contributed by atoms with Crippen LogP contribution < -0.4 is 0 Å². The summed E-state index contributed by atoms with van der Waals surface area (Å²) >= 11 is 0. The minimum absolute atomic E-state index is 0.101. The summed E-state index contributed by atoms with van der Waals surface area (Å²) in [7, 11) is -3.88. The molecule has 0 saturated heterocycles. The molecule has 2 aromatic rings. The Morgan fingerprint density at radius 2 is 1.58 bits per heavy atom. The molecule has 1 aliphatic heterocycles. The van der Waals surface area contributed by atoms with Gasteiger partial charge < -0.3 is 0 Å². The molecule has 6 nitrogen and oxygen atoms in total. The maximum atomic E-state index is 12.5. The molecule has 122 valence electrons. The number of hydrogen-bond donors (Lipinski definition) is 0. The van der Waals surface area contributed by atoms with Gasteiger partial charge in [0.2, 0.25) is 0 Å². The Labute approximate surface area is 139 Å². The fourth-order valence-corrected chi connectivity index (χ4v) is 2.59. The number of rotatable bonds is 4. The molecule has 0 saturated carbocycles. The summed E-state index contributed by atoms with van der Waals surface area (Å²) in [4.78, 5) is 16.8. The number of carbonyl (C=O) groups is 1. The lowest BCUT2D eigenvalue weighted by molar-refractivity contribution is -0.137. The third-order valence-electron chi connectivity index (χ3n) is 3.17. The van der Waals surface area contributed by atoms with Crippen LogP contribution in [0.15, 0.2) is 71.4 Å². The first-order chi connectivity index (χ1) is 11.4. The summed E-state index contributed by atoms with van der Waals surface area (Å²) in [6.45, 7) is 0. The van der Waals surface area contributed by atoms with Gasteiger partial charge in [-0.3, -0.25) is 4.79 Å². The predicted octanol–water partition coefficient (Wildman–Crippen LogP) is 2.21. The standard InChI is InChI=1S/C17H14N2O4S/c1-24(21,22)23-19-16(14-10-6-3-7-11-14)18-15(17(19)20)12-13-8-4-2-5-9-13/h2-12H,1H3/b15-12+. The molecule has 7 heteroatoms. The Hall–Kier alpha value is -2.77. The van der Waals surface area contributed by atoms with Crippen molar-refractivity contribution in [3.8, 4) is 0 Å². The van der Waals surface area contributed by atoms with Gasteiger partial charge in [0.05, 0.1) is 6.26 Å². The first kappa shape index (κ1) is 16.1. The van der Waals surface area contributed by atoms with Crippen molar-refractivity contribution in [2.75, 3.05) is 6.26 Å². The Balaban J connectivity index is 2.05. The van der Waals surface area contributed by atoms with Crippen molar-refractivity contribution >= 4 is 27.9 Å². The molecule has 0 atom stereocenters. The van der Waals surface area contributed by atoms with Crippen molar-refractivity contribution in [3.63, 3.8) is 0 Å². The second-order valence-corrected chi connectivity index (χ2v) is 6.68. The third-order valence-corrected chi connectivity index (χ3v) is 3.59. The van der Waals surface area contributed by atoms with Crippen LogP contribution in [-0.4, -0.2) is 31.5 Å². The topological polar surface area (TPSA) is 76.0 Å². The van der Waals surface area contributed by atoms with Gasteiger partial charge in [0.25, 0.3) is 10.1 Å². The van der Waals surface area contributed by atoms with Crippen LogP contribution in [0.25, 0.3) is 6.08 Å². The van der Waals surface area contributed by atoms with Crippen LogP contribution in [0.1, 0.15) is 11.1 Å². The minimum atomic E-state index is -3.88. The van der Waals surface area contributed by atoms with Crippen molar-refractivity contribution in [2.24, 2.45) is 4.99 Å². The third kappa shape index (κ3) is 3.58. The zero-order valence-corrected chi connectivity index (χ0v) is 13.6. The lowest BCUT2D eigenvalue weighted by Crippen LogP contribution is -2.34. The number of amidine groups is 1. The second-order valence-electron chi connectivity index (χ2n) is 5.12. The summed E-state index contributed by atoms with van der Waals surface area (Å²) in [5.74, 6) is -0.503. The maximum absolute atomic E-state index is 12.5. The Morgan fingerprint density at radius 1 is 1.00 bits per heavy atom. The van der Waals surface area contributed by atoms with Crippen LogP contribution in [-0.2, 0) is 19.2 Å². The molecule has 3 rings (SSSR count). The Morgan fingerprint density at radius 3 is 2.17 bits per heavy atom. The van der Waals surface area contributed by atoms with Gasteiger partial charge >= 0.3 is 5.91 Å². The van der Waals surface area contributed by atoms with Crippen molar-refractivity contribution in [3.05, 3.63) is 77.5 Å². The maximum Gasteiger partial charge on any atom is 0.303 e. The average molecular weight is 342 g/mol. The van der Waals surface area contributed by atoms with Crippen LogP contribution in [0.3, 0.4) is 0 Å². The molecule has 1 aliphatic rings. The molecule has 2 aromatic carbocycles. The summed E-state index contributed by atoms with van der Waals surface area (Å²) < 4.78 is 27.8. The normalized spacial score (nSPS) is 16.5. The van der Waals surface area contributed by atoms with Crippen molar-refractivity contribution in [2.45, 2.75) is 0 Å². The number of nitrogens with zero attached hydrogens (tertiary/aromatic N) is 2. The van der Waals surface area contributed by atoms with Gasteiger partial charge in [0.1, 0.15) is 5.70 Å². The summed E-state index contributed by atoms with van der Waals surface area (Å²) in [6, 6.07) is 17.9. The molecule has 0 bridgehead atoms. The van der Waals surface area contributed by atoms with Gasteiger partial charge in [-0.1, -0.05) is 60.7 Å². The zero-order chi connectivity index (χ0) is 17.2. The van der Waals surface area contributed by atoms with Crippen molar-refractivity contribution in [1.29, 1.82) is 0 Å². The second kappa shape index (κ2) is 6.38. The molecule has 0 spiro atoms. The molecule has 1 amide bonds. The van der Waals surface area contributed by atoms with Crippen molar-refractivity contribution < 1.29 is 17.5 Å². The highest BCUT2D eigenvalue weighted by Gasteiger charge is 2.34. The minimum Gasteiger partial charge on any atom is -0.264 e. The Bertz CT molecular complexity index is 920. The number of carbonyl (C=O) groups excluding carboxylic acids is 1. The molecule has 1 heterocycles. The molecule has 0 unspecified atom stereocenters. The van der Waals surface area contributed by atoms with Crippen LogP contribution in [0.4, 0.5) is 0 Å². The van der Waals surface area contributed by atoms with Crippen LogP contribution in [0, 0.1) is 0 Å². The number of aliphatic imine (C=N–C) groups is 1. The van der Waals surface area contributed by atoms with Gasteiger partial charge in [-0.05, 0) is 11.6 Å². The van der Waals surface area contributed by atoms with E-state index in [0.717, 1.165) is 11.8 Å². The van der Waals surface area contributed by atoms with Gasteiger partial charge in [-0.15, -0.1) is 9.35 Å². The highest BCUT2D eigenvalue weighted by molar-refractivity contribution is 7.85. The van der Waals surface area contributed by atoms with E-state index in [0.29, 0.717) is 10.6 Å². The number of amides is 1. The molecule has 0 N–H and O–H groups in total. The largest absolute Gasteiger partial charge is 0.303 e. The Kier molecular flexibility index (Phi) is 4.28. The summed E-state index contributed by atoms with van der Waals surface area (Å²) in [5, 5.41) is 0.708. The summed E-state index contributed by atoms with van der Waals surface area (Å²) in [6.07, 6.45) is 2.46.